The van der Waals surface area contributed by atoms with E-state index in [0.717, 1.165) is 16.7 Å². The molecule has 17 heteroatoms. The fourth-order valence-electron chi connectivity index (χ4n) is 3.40. The number of ether oxygens (including phenoxy) is 8. The number of hydrogen-bond donors (Lipinski definition) is 2. The van der Waals surface area contributed by atoms with Crippen LogP contribution in [0.2, 0.25) is 0 Å². The van der Waals surface area contributed by atoms with Crippen molar-refractivity contribution in [3.63, 3.8) is 0 Å². The number of benzene rings is 3. The van der Waals surface area contributed by atoms with Crippen molar-refractivity contribution >= 4 is 46.7 Å². The average molecular weight is 776 g/mol. The number of phenols is 1. The molecule has 3 aromatic rings. The second-order valence-corrected chi connectivity index (χ2v) is 10.7. The molecule has 0 fully saturated rings. The van der Waals surface area contributed by atoms with Crippen molar-refractivity contribution in [1.29, 1.82) is 10.5 Å². The van der Waals surface area contributed by atoms with Crippen LogP contribution in [0.4, 0.5) is 0 Å². The molecule has 3 rings (SSSR count). The molecule has 0 radical (unpaired) electrons. The first kappa shape index (κ1) is 47.0. The van der Waals surface area contributed by atoms with Gasteiger partial charge < -0.3 is 48.7 Å². The number of rotatable bonds is 14. The van der Waals surface area contributed by atoms with Crippen molar-refractivity contribution in [1.82, 2.24) is 0 Å². The number of aryl methyl sites for hydroxylation is 3. The van der Waals surface area contributed by atoms with Gasteiger partial charge in [-0.2, -0.15) is 10.5 Å². The lowest BCUT2D eigenvalue weighted by molar-refractivity contribution is -0.143. The summed E-state index contributed by atoms with van der Waals surface area (Å²) in [4.78, 5) is 32.9. The van der Waals surface area contributed by atoms with E-state index in [1.54, 1.807) is 61.5 Å². The fraction of sp³-hybridized carbons (Fsp3) is 0.333. The van der Waals surface area contributed by atoms with Gasteiger partial charge in [-0.1, -0.05) is 12.2 Å². The quantitative estimate of drug-likeness (QED) is 0.0984. The van der Waals surface area contributed by atoms with E-state index < -0.39 is 17.9 Å². The van der Waals surface area contributed by atoms with Crippen LogP contribution in [-0.4, -0.2) is 88.2 Å². The zero-order valence-corrected chi connectivity index (χ0v) is 31.7. The normalized spacial score (nSPS) is 9.15. The zero-order valence-electron chi connectivity index (χ0n) is 30.1. The SMILES string of the molecule is COC(=O)COc1ccc(O)cc1C.COC(=O)COc1ccc(OCC#N)cc1C.COC(=O)COc1ccc(OCC(N)=S)cc1C.N#CCCl. The molecule has 15 nitrogen and oxygen atoms in total. The van der Waals surface area contributed by atoms with Crippen LogP contribution in [0.3, 0.4) is 0 Å². The molecule has 0 saturated heterocycles. The first-order valence-electron chi connectivity index (χ1n) is 15.2. The van der Waals surface area contributed by atoms with Crippen molar-refractivity contribution in [3.8, 4) is 46.6 Å². The number of aromatic hydroxyl groups is 1. The molecule has 3 N–H and O–H groups in total. The molecular formula is C36H42ClN3O12S. The Balaban J connectivity index is 0.000000731. The molecule has 0 unspecified atom stereocenters. The number of nitrogens with zero attached hydrogens (tertiary/aromatic N) is 2. The van der Waals surface area contributed by atoms with Crippen molar-refractivity contribution in [3.05, 3.63) is 71.3 Å². The van der Waals surface area contributed by atoms with E-state index in [1.807, 2.05) is 19.9 Å². The smallest absolute Gasteiger partial charge is 0.343 e. The van der Waals surface area contributed by atoms with E-state index in [1.165, 1.54) is 27.4 Å². The van der Waals surface area contributed by atoms with Gasteiger partial charge in [0.25, 0.3) is 0 Å². The van der Waals surface area contributed by atoms with Crippen LogP contribution < -0.4 is 29.4 Å². The highest BCUT2D eigenvalue weighted by Crippen LogP contribution is 2.25. The van der Waals surface area contributed by atoms with E-state index in [4.69, 9.17) is 68.9 Å². The lowest BCUT2D eigenvalue weighted by Crippen LogP contribution is -2.17. The molecule has 3 aromatic carbocycles. The number of phenolic OH excluding ortho intramolecular Hbond substituents is 1. The summed E-state index contributed by atoms with van der Waals surface area (Å²) in [6.45, 7) is 5.28. The molecular weight excluding hydrogens is 734 g/mol. The van der Waals surface area contributed by atoms with Gasteiger partial charge in [0, 0.05) is 0 Å². The Hall–Kier alpha value is -5.97. The summed E-state index contributed by atoms with van der Waals surface area (Å²) in [6.07, 6.45) is 0. The van der Waals surface area contributed by atoms with Gasteiger partial charge in [-0.15, -0.1) is 11.6 Å². The van der Waals surface area contributed by atoms with Crippen molar-refractivity contribution in [2.45, 2.75) is 20.8 Å². The predicted octanol–water partition coefficient (Wildman–Crippen LogP) is 4.66. The minimum absolute atomic E-state index is 0.00179. The highest BCUT2D eigenvalue weighted by molar-refractivity contribution is 7.80. The first-order chi connectivity index (χ1) is 25.2. The number of halogens is 1. The zero-order chi connectivity index (χ0) is 40.2. The monoisotopic (exact) mass is 775 g/mol. The van der Waals surface area contributed by atoms with Gasteiger partial charge in [0.15, 0.2) is 26.4 Å². The maximum absolute atomic E-state index is 10.9. The number of esters is 3. The Morgan fingerprint density at radius 1 is 0.660 bits per heavy atom. The summed E-state index contributed by atoms with van der Waals surface area (Å²) in [5.41, 5.74) is 7.78. The van der Waals surface area contributed by atoms with Crippen LogP contribution >= 0.6 is 23.8 Å². The number of nitriles is 2. The number of carbonyl (C=O) groups is 3. The van der Waals surface area contributed by atoms with Crippen molar-refractivity contribution < 1.29 is 57.4 Å². The fourth-order valence-corrected chi connectivity index (χ4v) is 3.46. The third-order valence-corrected chi connectivity index (χ3v) is 6.15. The van der Waals surface area contributed by atoms with E-state index >= 15 is 0 Å². The number of carbonyl (C=O) groups excluding carboxylic acids is 3. The van der Waals surface area contributed by atoms with Crippen molar-refractivity contribution in [2.75, 3.05) is 60.2 Å². The van der Waals surface area contributed by atoms with Gasteiger partial charge in [-0.3, -0.25) is 0 Å². The number of thiocarbonyl (C=S) groups is 1. The lowest BCUT2D eigenvalue weighted by atomic mass is 10.2. The largest absolute Gasteiger partial charge is 0.508 e. The molecule has 0 heterocycles. The molecule has 0 saturated carbocycles. The molecule has 0 aromatic heterocycles. The molecule has 0 aliphatic rings. The van der Waals surface area contributed by atoms with Crippen molar-refractivity contribution in [2.24, 2.45) is 5.73 Å². The van der Waals surface area contributed by atoms with E-state index in [0.29, 0.717) is 33.7 Å². The molecule has 0 amide bonds. The summed E-state index contributed by atoms with van der Waals surface area (Å²) in [6, 6.07) is 18.6. The Labute approximate surface area is 318 Å². The summed E-state index contributed by atoms with van der Waals surface area (Å²) >= 11 is 9.54. The maximum atomic E-state index is 10.9. The van der Waals surface area contributed by atoms with Gasteiger partial charge in [0.1, 0.15) is 58.0 Å². The topological polar surface area (TPSA) is 219 Å². The Morgan fingerprint density at radius 2 is 1.04 bits per heavy atom. The second-order valence-electron chi connectivity index (χ2n) is 9.89. The number of nitrogens with two attached hydrogens (primary N) is 1. The summed E-state index contributed by atoms with van der Waals surface area (Å²) < 4.78 is 39.5. The van der Waals surface area contributed by atoms with E-state index in [9.17, 15) is 14.4 Å². The number of alkyl halides is 1. The van der Waals surface area contributed by atoms with Gasteiger partial charge in [-0.25, -0.2) is 14.4 Å². The Kier molecular flexibility index (Phi) is 24.6. The third-order valence-electron chi connectivity index (χ3n) is 5.92. The lowest BCUT2D eigenvalue weighted by Gasteiger charge is -2.10. The summed E-state index contributed by atoms with van der Waals surface area (Å²) in [5, 5.41) is 25.0. The number of methoxy groups -OCH3 is 3. The summed E-state index contributed by atoms with van der Waals surface area (Å²) in [5.74, 6) is 1.96. The minimum Gasteiger partial charge on any atom is -0.508 e. The summed E-state index contributed by atoms with van der Waals surface area (Å²) in [7, 11) is 3.91. The molecule has 53 heavy (non-hydrogen) atoms. The minimum atomic E-state index is -0.436. The van der Waals surface area contributed by atoms with E-state index in [2.05, 4.69) is 14.2 Å². The van der Waals surface area contributed by atoms with E-state index in [-0.39, 0.29) is 44.7 Å². The van der Waals surface area contributed by atoms with Crippen LogP contribution in [0.1, 0.15) is 16.7 Å². The van der Waals surface area contributed by atoms with Gasteiger partial charge >= 0.3 is 17.9 Å². The van der Waals surface area contributed by atoms with Crippen LogP contribution in [0, 0.1) is 43.4 Å². The highest BCUT2D eigenvalue weighted by Gasteiger charge is 2.08. The molecule has 286 valence electrons. The molecule has 0 spiro atoms. The van der Waals surface area contributed by atoms with Crippen LogP contribution in [0.5, 0.6) is 34.5 Å². The average Bonchev–Trinajstić information content (AvgIpc) is 3.15. The first-order valence-corrected chi connectivity index (χ1v) is 16.1. The maximum Gasteiger partial charge on any atom is 0.343 e. The molecule has 0 aliphatic heterocycles. The van der Waals surface area contributed by atoms with Gasteiger partial charge in [0.2, 0.25) is 0 Å². The Bertz CT molecular complexity index is 1710. The van der Waals surface area contributed by atoms with Crippen LogP contribution in [0.25, 0.3) is 0 Å². The van der Waals surface area contributed by atoms with Gasteiger partial charge in [-0.05, 0) is 92.1 Å². The second kappa shape index (κ2) is 27.7. The molecule has 0 atom stereocenters. The molecule has 0 bridgehead atoms. The molecule has 0 aliphatic carbocycles. The predicted molar refractivity (Wildman–Crippen MR) is 197 cm³/mol. The number of hydrogen-bond acceptors (Lipinski definition) is 15. The van der Waals surface area contributed by atoms with Crippen LogP contribution in [-0.2, 0) is 28.6 Å². The van der Waals surface area contributed by atoms with Gasteiger partial charge in [0.05, 0.1) is 27.4 Å². The van der Waals surface area contributed by atoms with Crippen LogP contribution in [0.15, 0.2) is 54.6 Å². The Morgan fingerprint density at radius 3 is 1.36 bits per heavy atom. The standard InChI is InChI=1S/C12H15NO4S.C12H13NO4.C10H12O4.C2H2ClN/c1-8-5-9(16-6-11(13)18)3-4-10(8)17-7-12(14)15-2;1-9-7-10(16-6-5-13)3-4-11(9)17-8-12(14)15-2;1-7-5-8(11)3-4-9(7)14-6-10(12)13-2;3-1-2-4/h3-5H,6-7H2,1-2H3,(H2,13,18);3-4,7H,6,8H2,1-2H3;3-5,11H,6H2,1-2H3;1H2. The highest BCUT2D eigenvalue weighted by atomic mass is 35.5. The third kappa shape index (κ3) is 21.8.